The highest BCUT2D eigenvalue weighted by molar-refractivity contribution is 5.92. The van der Waals surface area contributed by atoms with Crippen LogP contribution in [0.2, 0.25) is 0 Å². The van der Waals surface area contributed by atoms with Gasteiger partial charge in [-0.25, -0.2) is 4.98 Å². The summed E-state index contributed by atoms with van der Waals surface area (Å²) in [5, 5.41) is 10.8. The number of amides is 1. The third-order valence-corrected chi connectivity index (χ3v) is 5.18. The lowest BCUT2D eigenvalue weighted by atomic mass is 10.1. The van der Waals surface area contributed by atoms with Gasteiger partial charge in [-0.15, -0.1) is 0 Å². The van der Waals surface area contributed by atoms with Crippen LogP contribution < -0.4 is 15.5 Å². The molecule has 2 N–H and O–H groups in total. The summed E-state index contributed by atoms with van der Waals surface area (Å²) in [5.41, 5.74) is 1.47. The molecule has 1 unspecified atom stereocenters. The molecule has 2 aliphatic rings. The van der Waals surface area contributed by atoms with Gasteiger partial charge in [-0.1, -0.05) is 6.07 Å². The molecule has 7 nitrogen and oxygen atoms in total. The molecule has 7 heteroatoms. The Labute approximate surface area is 153 Å². The van der Waals surface area contributed by atoms with Gasteiger partial charge in [0.15, 0.2) is 0 Å². The number of piperidine rings is 1. The van der Waals surface area contributed by atoms with Gasteiger partial charge in [0, 0.05) is 38.6 Å². The first-order valence-electron chi connectivity index (χ1n) is 9.53. The zero-order valence-corrected chi connectivity index (χ0v) is 15.0. The van der Waals surface area contributed by atoms with Gasteiger partial charge >= 0.3 is 0 Å². The van der Waals surface area contributed by atoms with Crippen molar-refractivity contribution in [2.45, 2.75) is 38.3 Å². The highest BCUT2D eigenvalue weighted by Gasteiger charge is 2.18. The van der Waals surface area contributed by atoms with Crippen molar-refractivity contribution in [1.82, 2.24) is 25.4 Å². The predicted molar refractivity (Wildman–Crippen MR) is 100 cm³/mol. The highest BCUT2D eigenvalue weighted by Crippen LogP contribution is 2.18. The van der Waals surface area contributed by atoms with Gasteiger partial charge in [0.05, 0.1) is 6.04 Å². The summed E-state index contributed by atoms with van der Waals surface area (Å²) < 4.78 is 1.91. The van der Waals surface area contributed by atoms with E-state index in [2.05, 4.69) is 25.6 Å². The number of anilines is 1. The van der Waals surface area contributed by atoms with Crippen molar-refractivity contribution in [3.8, 4) is 0 Å². The molecule has 1 amide bonds. The Morgan fingerprint density at radius 3 is 2.85 bits per heavy atom. The lowest BCUT2D eigenvalue weighted by Gasteiger charge is -2.22. The number of aromatic nitrogens is 3. The molecule has 4 rings (SSSR count). The van der Waals surface area contributed by atoms with Crippen LogP contribution in [0, 0.1) is 0 Å². The van der Waals surface area contributed by atoms with Crippen LogP contribution in [-0.4, -0.2) is 46.9 Å². The van der Waals surface area contributed by atoms with Gasteiger partial charge in [-0.05, 0) is 49.9 Å². The second-order valence-electron chi connectivity index (χ2n) is 7.08. The van der Waals surface area contributed by atoms with Gasteiger partial charge < -0.3 is 15.5 Å². The monoisotopic (exact) mass is 354 g/mol. The molecule has 1 atom stereocenters. The maximum atomic E-state index is 12.4. The van der Waals surface area contributed by atoms with Gasteiger partial charge in [0.1, 0.15) is 11.5 Å². The van der Waals surface area contributed by atoms with Gasteiger partial charge in [-0.2, -0.15) is 5.10 Å². The molecule has 2 saturated heterocycles. The number of rotatable bonds is 5. The lowest BCUT2D eigenvalue weighted by Crippen LogP contribution is -2.32. The molecular weight excluding hydrogens is 328 g/mol. The van der Waals surface area contributed by atoms with E-state index in [-0.39, 0.29) is 5.91 Å². The molecule has 0 radical (unpaired) electrons. The molecule has 0 aromatic carbocycles. The van der Waals surface area contributed by atoms with Crippen molar-refractivity contribution in [3.05, 3.63) is 41.9 Å². The predicted octanol–water partition coefficient (Wildman–Crippen LogP) is 1.73. The van der Waals surface area contributed by atoms with Crippen LogP contribution in [0.15, 0.2) is 30.6 Å². The largest absolute Gasteiger partial charge is 0.357 e. The average Bonchev–Trinajstić information content (AvgIpc) is 3.39. The second-order valence-corrected chi connectivity index (χ2v) is 7.08. The van der Waals surface area contributed by atoms with Crippen molar-refractivity contribution in [3.63, 3.8) is 0 Å². The molecule has 0 aliphatic carbocycles. The quantitative estimate of drug-likeness (QED) is 0.855. The lowest BCUT2D eigenvalue weighted by molar-refractivity contribution is 0.0944. The van der Waals surface area contributed by atoms with Crippen LogP contribution in [0.5, 0.6) is 0 Å². The van der Waals surface area contributed by atoms with Gasteiger partial charge in [0.2, 0.25) is 0 Å². The molecular formula is C19H26N6O. The van der Waals surface area contributed by atoms with Crippen LogP contribution in [0.1, 0.15) is 47.8 Å². The fraction of sp³-hybridized carbons (Fsp3) is 0.526. The summed E-state index contributed by atoms with van der Waals surface area (Å²) in [7, 11) is 0. The normalized spacial score (nSPS) is 20.3. The zero-order chi connectivity index (χ0) is 17.8. The Kier molecular flexibility index (Phi) is 5.15. The third-order valence-electron chi connectivity index (χ3n) is 5.18. The minimum absolute atomic E-state index is 0.142. The van der Waals surface area contributed by atoms with E-state index in [9.17, 15) is 4.79 Å². The summed E-state index contributed by atoms with van der Waals surface area (Å²) in [6.07, 6.45) is 8.47. The molecule has 2 fully saturated rings. The van der Waals surface area contributed by atoms with E-state index in [1.165, 1.54) is 12.8 Å². The average molecular weight is 354 g/mol. The third kappa shape index (κ3) is 3.88. The number of nitrogens with one attached hydrogen (secondary N) is 2. The van der Waals surface area contributed by atoms with E-state index in [0.29, 0.717) is 18.3 Å². The Hall–Kier alpha value is -2.41. The van der Waals surface area contributed by atoms with E-state index in [1.807, 2.05) is 29.2 Å². The van der Waals surface area contributed by atoms with E-state index in [1.54, 1.807) is 6.07 Å². The number of hydrogen-bond donors (Lipinski definition) is 2. The molecule has 0 spiro atoms. The second kappa shape index (κ2) is 7.86. The standard InChI is InChI=1S/C19H26N6O/c26-19(17-7-11-25(23-17)16-4-3-8-20-14-16)22-13-15-5-6-18(21-12-15)24-9-1-2-10-24/h5-7,11-12,16,20H,1-4,8-10,13-14H2,(H,22,26). The Bertz CT molecular complexity index is 729. The van der Waals surface area contributed by atoms with Crippen molar-refractivity contribution in [2.75, 3.05) is 31.1 Å². The number of carbonyl (C=O) groups is 1. The fourth-order valence-corrected chi connectivity index (χ4v) is 3.65. The van der Waals surface area contributed by atoms with E-state index < -0.39 is 0 Å². The van der Waals surface area contributed by atoms with Crippen LogP contribution in [0.3, 0.4) is 0 Å². The molecule has 4 heterocycles. The summed E-state index contributed by atoms with van der Waals surface area (Å²) in [6, 6.07) is 6.20. The molecule has 138 valence electrons. The zero-order valence-electron chi connectivity index (χ0n) is 15.0. The summed E-state index contributed by atoms with van der Waals surface area (Å²) in [4.78, 5) is 19.2. The number of pyridine rings is 1. The van der Waals surface area contributed by atoms with E-state index in [4.69, 9.17) is 0 Å². The topological polar surface area (TPSA) is 75.1 Å². The minimum atomic E-state index is -0.142. The molecule has 2 aromatic rings. The van der Waals surface area contributed by atoms with Crippen LogP contribution in [0.4, 0.5) is 5.82 Å². The first-order chi connectivity index (χ1) is 12.8. The summed E-state index contributed by atoms with van der Waals surface area (Å²) in [6.45, 7) is 4.61. The van der Waals surface area contributed by atoms with Gasteiger partial charge in [-0.3, -0.25) is 9.48 Å². The first-order valence-corrected chi connectivity index (χ1v) is 9.53. The number of nitrogens with zero attached hydrogens (tertiary/aromatic N) is 4. The van der Waals surface area contributed by atoms with Crippen molar-refractivity contribution < 1.29 is 4.79 Å². The molecule has 2 aliphatic heterocycles. The minimum Gasteiger partial charge on any atom is -0.357 e. The van der Waals surface area contributed by atoms with Crippen LogP contribution >= 0.6 is 0 Å². The Morgan fingerprint density at radius 1 is 1.23 bits per heavy atom. The summed E-state index contributed by atoms with van der Waals surface area (Å²) in [5.74, 6) is 0.883. The SMILES string of the molecule is O=C(NCc1ccc(N2CCCC2)nc1)c1ccn(C2CCCNC2)n1. The van der Waals surface area contributed by atoms with Gasteiger partial charge in [0.25, 0.3) is 5.91 Å². The molecule has 0 saturated carbocycles. The van der Waals surface area contributed by atoms with Crippen molar-refractivity contribution in [2.24, 2.45) is 0 Å². The van der Waals surface area contributed by atoms with E-state index in [0.717, 1.165) is 50.4 Å². The smallest absolute Gasteiger partial charge is 0.272 e. The highest BCUT2D eigenvalue weighted by atomic mass is 16.1. The van der Waals surface area contributed by atoms with Crippen molar-refractivity contribution >= 4 is 11.7 Å². The van der Waals surface area contributed by atoms with E-state index >= 15 is 0 Å². The van der Waals surface area contributed by atoms with Crippen LogP contribution in [-0.2, 0) is 6.54 Å². The van der Waals surface area contributed by atoms with Crippen LogP contribution in [0.25, 0.3) is 0 Å². The Morgan fingerprint density at radius 2 is 2.12 bits per heavy atom. The van der Waals surface area contributed by atoms with Crippen molar-refractivity contribution in [1.29, 1.82) is 0 Å². The fourth-order valence-electron chi connectivity index (χ4n) is 3.65. The molecule has 2 aromatic heterocycles. The Balaban J connectivity index is 1.31. The maximum absolute atomic E-state index is 12.4. The molecule has 26 heavy (non-hydrogen) atoms. The number of carbonyl (C=O) groups excluding carboxylic acids is 1. The molecule has 0 bridgehead atoms. The first kappa shape index (κ1) is 17.0. The summed E-state index contributed by atoms with van der Waals surface area (Å²) >= 11 is 0. The number of hydrogen-bond acceptors (Lipinski definition) is 5. The maximum Gasteiger partial charge on any atom is 0.272 e.